The molecular weight excluding hydrogens is 607 g/mol. The minimum Gasteiger partial charge on any atom is -0.508 e. The molecule has 0 spiro atoms. The quantitative estimate of drug-likeness (QED) is 0.262. The van der Waals surface area contributed by atoms with Crippen LogP contribution in [-0.4, -0.2) is 74.6 Å². The summed E-state index contributed by atoms with van der Waals surface area (Å²) in [5.41, 5.74) is -1.31. The van der Waals surface area contributed by atoms with Crippen molar-refractivity contribution >= 4 is 23.2 Å². The van der Waals surface area contributed by atoms with Gasteiger partial charge in [0.05, 0.1) is 17.2 Å². The van der Waals surface area contributed by atoms with E-state index in [1.165, 1.54) is 19.0 Å². The largest absolute Gasteiger partial charge is 0.508 e. The average Bonchev–Trinajstić information content (AvgIpc) is 3.26. The fraction of sp³-hybridized carbons (Fsp3) is 0.606. The third kappa shape index (κ3) is 4.10. The lowest BCUT2D eigenvalue weighted by atomic mass is 9.57. The summed E-state index contributed by atoms with van der Waals surface area (Å²) < 4.78 is 44.7. The molecular formula is C33H40F3N3O7. The number of ketones is 2. The van der Waals surface area contributed by atoms with E-state index in [-0.39, 0.29) is 35.4 Å². The first kappa shape index (κ1) is 32.5. The van der Waals surface area contributed by atoms with E-state index in [0.717, 1.165) is 25.3 Å². The Labute approximate surface area is 264 Å². The van der Waals surface area contributed by atoms with Crippen molar-refractivity contribution < 1.29 is 48.0 Å². The maximum Gasteiger partial charge on any atom is 0.417 e. The number of rotatable bonds is 5. The molecule has 13 heteroatoms. The lowest BCUT2D eigenvalue weighted by Crippen LogP contribution is -2.65. The van der Waals surface area contributed by atoms with E-state index in [1.54, 1.807) is 0 Å². The van der Waals surface area contributed by atoms with Crippen LogP contribution in [0.2, 0.25) is 0 Å². The van der Waals surface area contributed by atoms with Crippen LogP contribution in [0.3, 0.4) is 0 Å². The summed E-state index contributed by atoms with van der Waals surface area (Å²) in [6.07, 6.45) is -2.79. The number of aliphatic hydroxyl groups is 3. The molecule has 5 aliphatic rings. The highest BCUT2D eigenvalue weighted by Gasteiger charge is 2.65. The van der Waals surface area contributed by atoms with Gasteiger partial charge in [-0.3, -0.25) is 19.3 Å². The zero-order valence-corrected chi connectivity index (χ0v) is 26.4. The van der Waals surface area contributed by atoms with Crippen LogP contribution in [0.1, 0.15) is 68.7 Å². The number of phenols is 1. The van der Waals surface area contributed by atoms with Gasteiger partial charge in [-0.2, -0.15) is 13.2 Å². The average molecular weight is 648 g/mol. The van der Waals surface area contributed by atoms with Crippen molar-refractivity contribution in [3.63, 3.8) is 0 Å². The van der Waals surface area contributed by atoms with Gasteiger partial charge in [-0.05, 0) is 86.1 Å². The standard InChI is InChI=1S/C33H40F3N3O7/c1-30(2)15-6-7-31(30,3)19(11-15)38-12-14-10-18(40)21-16(23(14)33(34,35)36)8-13-9-17-24(39(4)5)26(42)22(29(37)45)28(44)32(17,46)27(43)20(13)25(21)41/h10,13,15,17,19,24,38,40-41,44,46H,6-9,11-12H2,1-5H3,(H2,37,45)/t13-,15?,17-,19-,24-,31?,32-/m0/s1. The Bertz CT molecular complexity index is 1650. The maximum atomic E-state index is 14.9. The lowest BCUT2D eigenvalue weighted by Gasteiger charge is -2.50. The predicted molar refractivity (Wildman–Crippen MR) is 159 cm³/mol. The molecule has 3 fully saturated rings. The fourth-order valence-corrected chi connectivity index (χ4v) is 9.62. The predicted octanol–water partition coefficient (Wildman–Crippen LogP) is 3.29. The van der Waals surface area contributed by atoms with Crippen LogP contribution in [0.4, 0.5) is 13.2 Å². The highest BCUT2D eigenvalue weighted by atomic mass is 19.4. The Morgan fingerprint density at radius 3 is 2.30 bits per heavy atom. The van der Waals surface area contributed by atoms with E-state index < -0.39 is 98.7 Å². The number of Topliss-reactive ketones (excluding diaryl/α,β-unsaturated/α-hetero) is 2. The first-order valence-corrected chi connectivity index (χ1v) is 15.5. The lowest BCUT2D eigenvalue weighted by molar-refractivity contribution is -0.153. The minimum absolute atomic E-state index is 0.0185. The van der Waals surface area contributed by atoms with Crippen LogP contribution in [0.15, 0.2) is 23.0 Å². The number of phenolic OH excluding ortho intramolecular Hbond substituents is 1. The number of halogens is 3. The third-order valence-electron chi connectivity index (χ3n) is 12.4. The highest BCUT2D eigenvalue weighted by Crippen LogP contribution is 2.65. The molecule has 0 saturated heterocycles. The number of likely N-dealkylation sites (N-methyl/N-ethyl adjacent to an activating group) is 1. The zero-order chi connectivity index (χ0) is 34.0. The van der Waals surface area contributed by atoms with Crippen LogP contribution >= 0.6 is 0 Å². The van der Waals surface area contributed by atoms with Crippen LogP contribution < -0.4 is 11.1 Å². The van der Waals surface area contributed by atoms with Crippen LogP contribution in [-0.2, 0) is 33.5 Å². The molecule has 46 heavy (non-hydrogen) atoms. The van der Waals surface area contributed by atoms with E-state index in [1.807, 2.05) is 0 Å². The first-order valence-electron chi connectivity index (χ1n) is 15.5. The number of carbonyl (C=O) groups is 3. The Morgan fingerprint density at radius 2 is 1.78 bits per heavy atom. The molecule has 7 atom stereocenters. The van der Waals surface area contributed by atoms with Gasteiger partial charge in [0, 0.05) is 24.1 Å². The molecule has 0 aromatic heterocycles. The zero-order valence-electron chi connectivity index (χ0n) is 26.4. The molecule has 1 amide bonds. The molecule has 0 heterocycles. The highest BCUT2D eigenvalue weighted by molar-refractivity contribution is 6.24. The second kappa shape index (κ2) is 10.0. The number of aromatic hydroxyl groups is 1. The first-order chi connectivity index (χ1) is 21.2. The van der Waals surface area contributed by atoms with Gasteiger partial charge in [-0.1, -0.05) is 20.8 Å². The summed E-state index contributed by atoms with van der Waals surface area (Å²) >= 11 is 0. The van der Waals surface area contributed by atoms with Crippen molar-refractivity contribution in [3.05, 3.63) is 45.2 Å². The third-order valence-corrected chi connectivity index (χ3v) is 12.4. The molecule has 10 nitrogen and oxygen atoms in total. The number of carbonyl (C=O) groups excluding carboxylic acids is 3. The van der Waals surface area contributed by atoms with Crippen molar-refractivity contribution in [3.8, 4) is 5.75 Å². The number of hydrogen-bond donors (Lipinski definition) is 6. The molecule has 1 aromatic carbocycles. The number of aliphatic hydroxyl groups excluding tert-OH is 2. The molecule has 5 aliphatic carbocycles. The number of nitrogens with two attached hydrogens (primary N) is 1. The normalized spacial score (nSPS) is 35.0. The second-order valence-electron chi connectivity index (χ2n) is 14.8. The van der Waals surface area contributed by atoms with Gasteiger partial charge >= 0.3 is 6.18 Å². The number of hydrogen-bond acceptors (Lipinski definition) is 9. The Kier molecular flexibility index (Phi) is 7.10. The summed E-state index contributed by atoms with van der Waals surface area (Å²) in [6, 6.07) is -0.427. The van der Waals surface area contributed by atoms with Gasteiger partial charge in [0.25, 0.3) is 5.91 Å². The SMILES string of the molecule is CN(C)[C@@H]1C(=O)C(C(N)=O)=C(O)[C@@]2(O)C(=O)C3=C(O)c4c(O)cc(CN[C@H]5CC6CCC5(C)C6(C)C)c(C(F)(F)F)c4C[C@H]3C[C@@H]12. The van der Waals surface area contributed by atoms with E-state index in [2.05, 4.69) is 26.1 Å². The number of nitrogens with one attached hydrogen (secondary N) is 1. The minimum atomic E-state index is -4.89. The number of nitrogens with zero attached hydrogens (tertiary/aromatic N) is 1. The number of alkyl halides is 3. The van der Waals surface area contributed by atoms with E-state index in [4.69, 9.17) is 5.73 Å². The van der Waals surface area contributed by atoms with E-state index in [9.17, 15) is 48.0 Å². The maximum absolute atomic E-state index is 14.9. The van der Waals surface area contributed by atoms with E-state index >= 15 is 0 Å². The van der Waals surface area contributed by atoms with Crippen molar-refractivity contribution in [2.45, 2.75) is 83.3 Å². The topological polar surface area (TPSA) is 173 Å². The Morgan fingerprint density at radius 1 is 1.13 bits per heavy atom. The molecule has 0 aliphatic heterocycles. The number of benzene rings is 1. The Balaban J connectivity index is 1.46. The van der Waals surface area contributed by atoms with Crippen molar-refractivity contribution in [2.75, 3.05) is 14.1 Å². The second-order valence-corrected chi connectivity index (χ2v) is 14.8. The summed E-state index contributed by atoms with van der Waals surface area (Å²) in [5, 5.41) is 48.5. The molecule has 7 N–H and O–H groups in total. The molecule has 0 radical (unpaired) electrons. The number of primary amides is 1. The summed E-state index contributed by atoms with van der Waals surface area (Å²) in [4.78, 5) is 40.7. The van der Waals surface area contributed by atoms with Gasteiger partial charge in [-0.15, -0.1) is 0 Å². The van der Waals surface area contributed by atoms with Gasteiger partial charge in [0.15, 0.2) is 11.4 Å². The van der Waals surface area contributed by atoms with Crippen molar-refractivity contribution in [1.29, 1.82) is 0 Å². The molecule has 1 aromatic rings. The smallest absolute Gasteiger partial charge is 0.417 e. The summed E-state index contributed by atoms with van der Waals surface area (Å²) in [7, 11) is 2.90. The van der Waals surface area contributed by atoms with Crippen LogP contribution in [0, 0.1) is 28.6 Å². The van der Waals surface area contributed by atoms with Gasteiger partial charge in [0.1, 0.15) is 22.8 Å². The van der Waals surface area contributed by atoms with Gasteiger partial charge in [0.2, 0.25) is 5.78 Å². The molecule has 250 valence electrons. The molecule has 2 bridgehead atoms. The monoisotopic (exact) mass is 647 g/mol. The van der Waals surface area contributed by atoms with Crippen LogP contribution in [0.5, 0.6) is 5.75 Å². The summed E-state index contributed by atoms with van der Waals surface area (Å²) in [6.45, 7) is 6.37. The van der Waals surface area contributed by atoms with Gasteiger partial charge < -0.3 is 31.5 Å². The Hall–Kier alpha value is -3.42. The van der Waals surface area contributed by atoms with Crippen LogP contribution in [0.25, 0.3) is 5.76 Å². The number of fused-ring (bicyclic) bond motifs is 5. The van der Waals surface area contributed by atoms with Crippen molar-refractivity contribution in [2.24, 2.45) is 34.3 Å². The molecule has 6 rings (SSSR count). The summed E-state index contributed by atoms with van der Waals surface area (Å²) in [5.74, 6) is -8.54. The number of amides is 1. The molecule has 3 saturated carbocycles. The van der Waals surface area contributed by atoms with Crippen molar-refractivity contribution in [1.82, 2.24) is 10.2 Å². The van der Waals surface area contributed by atoms with E-state index in [0.29, 0.717) is 5.92 Å². The fourth-order valence-electron chi connectivity index (χ4n) is 9.62. The van der Waals surface area contributed by atoms with Gasteiger partial charge in [-0.25, -0.2) is 0 Å². The molecule has 2 unspecified atom stereocenters.